The van der Waals surface area contributed by atoms with Crippen molar-refractivity contribution in [2.75, 3.05) is 7.05 Å². The van der Waals surface area contributed by atoms with Crippen LogP contribution in [0.5, 0.6) is 0 Å². The lowest BCUT2D eigenvalue weighted by atomic mass is 9.86. The third kappa shape index (κ3) is 6.71. The summed E-state index contributed by atoms with van der Waals surface area (Å²) >= 11 is 0. The molecule has 8 nitrogen and oxygen atoms in total. The first-order valence-corrected chi connectivity index (χ1v) is 10.4. The Morgan fingerprint density at radius 2 is 1.72 bits per heavy atom. The van der Waals surface area contributed by atoms with Gasteiger partial charge in [-0.05, 0) is 47.6 Å². The van der Waals surface area contributed by atoms with Gasteiger partial charge in [0, 0.05) is 19.4 Å². The Balaban J connectivity index is 2.05. The third-order valence-electron chi connectivity index (χ3n) is 5.26. The Morgan fingerprint density at radius 3 is 2.25 bits per heavy atom. The lowest BCUT2D eigenvalue weighted by Gasteiger charge is -2.30. The molecule has 1 heterocycles. The van der Waals surface area contributed by atoms with Crippen molar-refractivity contribution in [1.29, 1.82) is 5.26 Å². The quantitative estimate of drug-likeness (QED) is 0.555. The second-order valence-corrected chi connectivity index (χ2v) is 8.81. The molecule has 2 atom stereocenters. The maximum absolute atomic E-state index is 12.6. The van der Waals surface area contributed by atoms with Gasteiger partial charge < -0.3 is 20.3 Å². The molecule has 0 saturated heterocycles. The zero-order valence-electron chi connectivity index (χ0n) is 18.9. The first kappa shape index (κ1) is 24.7. The normalized spacial score (nSPS) is 13.0. The molecule has 0 saturated carbocycles. The molecule has 0 bridgehead atoms. The summed E-state index contributed by atoms with van der Waals surface area (Å²) < 4.78 is 1.52. The average Bonchev–Trinajstić information content (AvgIpc) is 3.21. The van der Waals surface area contributed by atoms with Gasteiger partial charge >= 0.3 is 5.97 Å². The molecule has 0 aliphatic carbocycles. The molecule has 1 aromatic heterocycles. The lowest BCUT2D eigenvalue weighted by Crippen LogP contribution is -2.53. The van der Waals surface area contributed by atoms with E-state index >= 15 is 0 Å². The maximum Gasteiger partial charge on any atom is 0.327 e. The molecular formula is C24H30N4O4. The third-order valence-corrected chi connectivity index (χ3v) is 5.26. The van der Waals surface area contributed by atoms with Crippen molar-refractivity contribution in [3.63, 3.8) is 0 Å². The highest BCUT2D eigenvalue weighted by Crippen LogP contribution is 2.21. The fourth-order valence-electron chi connectivity index (χ4n) is 3.37. The number of carbonyl (C=O) groups is 3. The number of rotatable bonds is 9. The predicted octanol–water partition coefficient (Wildman–Crippen LogP) is 2.44. The van der Waals surface area contributed by atoms with E-state index in [-0.39, 0.29) is 12.3 Å². The molecule has 32 heavy (non-hydrogen) atoms. The van der Waals surface area contributed by atoms with Gasteiger partial charge in [0.05, 0.1) is 18.1 Å². The van der Waals surface area contributed by atoms with E-state index in [4.69, 9.17) is 5.26 Å². The molecule has 2 rings (SSSR count). The topological polar surface area (TPSA) is 124 Å². The minimum absolute atomic E-state index is 0.289. The number of carboxylic acid groups (broad SMARTS) is 1. The smallest absolute Gasteiger partial charge is 0.327 e. The van der Waals surface area contributed by atoms with Crippen LogP contribution in [0.4, 0.5) is 0 Å². The number of amides is 2. The van der Waals surface area contributed by atoms with E-state index in [1.54, 1.807) is 24.5 Å². The number of nitrogens with zero attached hydrogens (tertiary/aromatic N) is 2. The molecule has 0 fully saturated rings. The van der Waals surface area contributed by atoms with Gasteiger partial charge in [0.2, 0.25) is 11.8 Å². The maximum atomic E-state index is 12.6. The zero-order valence-corrected chi connectivity index (χ0v) is 18.9. The zero-order chi connectivity index (χ0) is 23.9. The summed E-state index contributed by atoms with van der Waals surface area (Å²) in [7, 11) is 1.49. The van der Waals surface area contributed by atoms with Gasteiger partial charge in [-0.2, -0.15) is 5.26 Å². The van der Waals surface area contributed by atoms with E-state index in [1.165, 1.54) is 11.6 Å². The molecule has 8 heteroatoms. The molecule has 3 N–H and O–H groups in total. The molecule has 0 aliphatic heterocycles. The first-order valence-electron chi connectivity index (χ1n) is 10.4. The van der Waals surface area contributed by atoms with Crippen molar-refractivity contribution in [2.45, 2.75) is 52.1 Å². The van der Waals surface area contributed by atoms with Crippen LogP contribution in [0.15, 0.2) is 42.7 Å². The van der Waals surface area contributed by atoms with Crippen LogP contribution in [0.2, 0.25) is 0 Å². The van der Waals surface area contributed by atoms with E-state index in [2.05, 4.69) is 16.7 Å². The van der Waals surface area contributed by atoms with E-state index < -0.39 is 29.4 Å². The highest BCUT2D eigenvalue weighted by atomic mass is 16.4. The Kier molecular flexibility index (Phi) is 8.19. The van der Waals surface area contributed by atoms with E-state index in [0.717, 1.165) is 17.5 Å². The fourth-order valence-corrected chi connectivity index (χ4v) is 3.37. The number of carbonyl (C=O) groups excluding carboxylic acids is 2. The minimum Gasteiger partial charge on any atom is -0.480 e. The Morgan fingerprint density at radius 1 is 1.09 bits per heavy atom. The van der Waals surface area contributed by atoms with Crippen LogP contribution in [-0.4, -0.2) is 40.5 Å². The van der Waals surface area contributed by atoms with Crippen molar-refractivity contribution in [1.82, 2.24) is 15.2 Å². The highest BCUT2D eigenvalue weighted by Gasteiger charge is 2.33. The van der Waals surface area contributed by atoms with Crippen LogP contribution in [0.25, 0.3) is 0 Å². The number of nitrogens with one attached hydrogen (secondary N) is 2. The summed E-state index contributed by atoms with van der Waals surface area (Å²) in [6.07, 6.45) is 4.53. The second kappa shape index (κ2) is 10.6. The minimum atomic E-state index is -1.12. The molecule has 0 spiro atoms. The summed E-state index contributed by atoms with van der Waals surface area (Å²) in [5.74, 6) is -1.96. The van der Waals surface area contributed by atoms with Crippen LogP contribution in [0.3, 0.4) is 0 Å². The predicted molar refractivity (Wildman–Crippen MR) is 120 cm³/mol. The lowest BCUT2D eigenvalue weighted by molar-refractivity contribution is -0.143. The van der Waals surface area contributed by atoms with Gasteiger partial charge in [-0.3, -0.25) is 9.59 Å². The average molecular weight is 439 g/mol. The molecule has 0 unspecified atom stereocenters. The molecule has 0 radical (unpaired) electrons. The number of aromatic nitrogens is 1. The summed E-state index contributed by atoms with van der Waals surface area (Å²) in [5.41, 5.74) is 2.10. The van der Waals surface area contributed by atoms with Crippen LogP contribution in [0, 0.1) is 16.7 Å². The Bertz CT molecular complexity index is 996. The van der Waals surface area contributed by atoms with Crippen molar-refractivity contribution < 1.29 is 19.5 Å². The largest absolute Gasteiger partial charge is 0.480 e. The number of benzene rings is 1. The van der Waals surface area contributed by atoms with E-state index in [1.807, 2.05) is 39.0 Å². The van der Waals surface area contributed by atoms with Gasteiger partial charge in [0.25, 0.3) is 0 Å². The van der Waals surface area contributed by atoms with Gasteiger partial charge in [-0.1, -0.05) is 32.9 Å². The second-order valence-electron chi connectivity index (χ2n) is 8.81. The van der Waals surface area contributed by atoms with Crippen LogP contribution >= 0.6 is 0 Å². The summed E-state index contributed by atoms with van der Waals surface area (Å²) in [6.45, 7) is 5.48. The van der Waals surface area contributed by atoms with Crippen LogP contribution in [-0.2, 0) is 27.2 Å². The van der Waals surface area contributed by atoms with Crippen molar-refractivity contribution in [2.24, 2.45) is 5.41 Å². The van der Waals surface area contributed by atoms with Crippen LogP contribution in [0.1, 0.15) is 49.9 Å². The monoisotopic (exact) mass is 438 g/mol. The Labute approximate surface area is 188 Å². The Hall–Kier alpha value is -3.60. The van der Waals surface area contributed by atoms with Crippen LogP contribution < -0.4 is 10.6 Å². The number of carboxylic acids is 1. The summed E-state index contributed by atoms with van der Waals surface area (Å²) in [5, 5.41) is 23.8. The molecule has 0 aliphatic rings. The van der Waals surface area contributed by atoms with Gasteiger partial charge in [-0.25, -0.2) is 4.79 Å². The van der Waals surface area contributed by atoms with E-state index in [9.17, 15) is 19.5 Å². The number of likely N-dealkylation sites (N-methyl/N-ethyl adjacent to an activating group) is 1. The van der Waals surface area contributed by atoms with Gasteiger partial charge in [0.15, 0.2) is 0 Å². The summed E-state index contributed by atoms with van der Waals surface area (Å²) in [4.78, 5) is 36.6. The molecular weight excluding hydrogens is 408 g/mol. The highest BCUT2D eigenvalue weighted by molar-refractivity contribution is 5.89. The number of hydrogen-bond acceptors (Lipinski definition) is 4. The number of aryl methyl sites for hydroxylation is 2. The van der Waals surface area contributed by atoms with Crippen molar-refractivity contribution >= 4 is 17.8 Å². The summed E-state index contributed by atoms with van der Waals surface area (Å²) in [6, 6.07) is 9.40. The molecule has 2 amide bonds. The van der Waals surface area contributed by atoms with Gasteiger partial charge in [-0.15, -0.1) is 0 Å². The van der Waals surface area contributed by atoms with Crippen molar-refractivity contribution in [3.05, 3.63) is 59.4 Å². The molecule has 170 valence electrons. The number of aliphatic carboxylic acids is 1. The number of nitriles is 1. The molecule has 2 aromatic rings. The van der Waals surface area contributed by atoms with E-state index in [0.29, 0.717) is 12.0 Å². The standard InChI is InChI=1S/C24H30N4O4/c1-24(2,3)21(22(30)26-4)27-20(29)13-19(23(31)32)28-12-11-18(15-28)10-7-16-5-8-17(14-25)9-6-16/h5-6,8-9,11-12,15,19,21H,7,10,13H2,1-4H3,(H,26,30)(H,27,29)(H,31,32)/t19-,21-/m1/s1. The fraction of sp³-hybridized carbons (Fsp3) is 0.417. The number of hydrogen-bond donors (Lipinski definition) is 3. The first-order chi connectivity index (χ1) is 15.0. The molecule has 1 aromatic carbocycles. The SMILES string of the molecule is CNC(=O)[C@@H](NC(=O)C[C@H](C(=O)O)n1ccc(CCc2ccc(C#N)cc2)c1)C(C)(C)C. The van der Waals surface area contributed by atoms with Crippen molar-refractivity contribution in [3.8, 4) is 6.07 Å². The van der Waals surface area contributed by atoms with Gasteiger partial charge in [0.1, 0.15) is 12.1 Å².